The second-order valence-electron chi connectivity index (χ2n) is 14.8. The van der Waals surface area contributed by atoms with Gasteiger partial charge in [-0.3, -0.25) is 24.0 Å². The van der Waals surface area contributed by atoms with Gasteiger partial charge in [-0.2, -0.15) is 0 Å². The molecule has 16 nitrogen and oxygen atoms in total. The zero-order valence-electron chi connectivity index (χ0n) is 34.9. The number of benzene rings is 1. The van der Waals surface area contributed by atoms with E-state index in [1.807, 2.05) is 20.8 Å². The third-order valence-electron chi connectivity index (χ3n) is 11.2. The summed E-state index contributed by atoms with van der Waals surface area (Å²) in [6.07, 6.45) is 8.11. The molecule has 1 saturated heterocycles. The Bertz CT molecular complexity index is 2050. The number of nitrogens with zero attached hydrogens (tertiary/aromatic N) is 3. The van der Waals surface area contributed by atoms with E-state index in [9.17, 15) is 49.2 Å². The number of aryl methyl sites for hydroxylation is 1. The van der Waals surface area contributed by atoms with Gasteiger partial charge in [-0.1, -0.05) is 59.3 Å². The summed E-state index contributed by atoms with van der Waals surface area (Å²) >= 11 is 0. The quantitative estimate of drug-likeness (QED) is 0.0521. The van der Waals surface area contributed by atoms with Crippen molar-refractivity contribution in [3.63, 3.8) is 0 Å². The number of piperidine rings is 1. The number of phenols is 1. The first-order chi connectivity index (χ1) is 28.3. The number of cyclic esters (lactones) is 1. The standard InChI is InChI=1S/C21H36N3O6.C20H16N2O5.C2H6.Y/c22-13-14-23-17(25)9-7-5-3-1-2-4-6-8-10-18(26)24-15-11-21(12-16-24,19(27)28)20(29)30;1-2-10-11-5-9(23)3-4-15(11)21-17-13(10)7-22-16(17)6-12-14(19(22)25)8-27-20(26)18(12)24;1-2;/h22H,1-16H2,(H,23,25)(H,27,28)(H,29,30);3-6,18,23-24H,2,7-8H2,1H3;1-2H3;/q-1;;;. The molecule has 0 saturated carbocycles. The van der Waals surface area contributed by atoms with E-state index >= 15 is 0 Å². The number of nitrogens with one attached hydrogen (secondary N) is 2. The summed E-state index contributed by atoms with van der Waals surface area (Å²) in [5.74, 6) is -3.23. The fraction of sp³-hybridized carbons (Fsp3) is 0.558. The fourth-order valence-electron chi connectivity index (χ4n) is 7.83. The van der Waals surface area contributed by atoms with Gasteiger partial charge in [0.2, 0.25) is 11.8 Å². The summed E-state index contributed by atoms with van der Waals surface area (Å²) in [5, 5.41) is 42.0. The number of aliphatic hydroxyl groups excluding tert-OH is 1. The summed E-state index contributed by atoms with van der Waals surface area (Å²) in [7, 11) is 0. The third-order valence-corrected chi connectivity index (χ3v) is 11.2. The van der Waals surface area contributed by atoms with Gasteiger partial charge in [0, 0.05) is 75.2 Å². The maximum absolute atomic E-state index is 13.0. The zero-order valence-corrected chi connectivity index (χ0v) is 37.7. The van der Waals surface area contributed by atoms with Crippen molar-refractivity contribution in [1.29, 1.82) is 0 Å². The molecule has 60 heavy (non-hydrogen) atoms. The minimum absolute atomic E-state index is 0. The van der Waals surface area contributed by atoms with E-state index in [2.05, 4.69) is 5.32 Å². The minimum atomic E-state index is -1.76. The molecule has 17 heteroatoms. The van der Waals surface area contributed by atoms with Crippen LogP contribution in [0.2, 0.25) is 0 Å². The van der Waals surface area contributed by atoms with Crippen molar-refractivity contribution in [1.82, 2.24) is 19.8 Å². The Morgan fingerprint density at radius 3 is 2.10 bits per heavy atom. The summed E-state index contributed by atoms with van der Waals surface area (Å²) < 4.78 is 6.52. The molecule has 1 fully saturated rings. The van der Waals surface area contributed by atoms with Gasteiger partial charge in [-0.25, -0.2) is 9.78 Å². The monoisotopic (exact) mass is 909 g/mol. The smallest absolute Gasteiger partial charge is 0.340 e. The van der Waals surface area contributed by atoms with Crippen molar-refractivity contribution in [3.8, 4) is 17.1 Å². The van der Waals surface area contributed by atoms with E-state index in [0.29, 0.717) is 48.4 Å². The number of esters is 1. The number of rotatable bonds is 16. The van der Waals surface area contributed by atoms with Gasteiger partial charge in [0.1, 0.15) is 12.4 Å². The predicted octanol–water partition coefficient (Wildman–Crippen LogP) is 5.64. The van der Waals surface area contributed by atoms with Gasteiger partial charge in [0.15, 0.2) is 11.5 Å². The molecule has 2 amide bonds. The number of fused-ring (bicyclic) bond motifs is 5. The number of likely N-dealkylation sites (tertiary alicyclic amines) is 1. The first-order valence-corrected chi connectivity index (χ1v) is 20.7. The van der Waals surface area contributed by atoms with Crippen molar-refractivity contribution in [3.05, 3.63) is 62.6 Å². The van der Waals surface area contributed by atoms with E-state index in [1.165, 1.54) is 0 Å². The Hall–Kier alpha value is -4.25. The van der Waals surface area contributed by atoms with Crippen molar-refractivity contribution >= 4 is 40.6 Å². The normalized spacial score (nSPS) is 15.7. The third kappa shape index (κ3) is 11.8. The number of aliphatic carboxylic acids is 2. The number of unbranched alkanes of at least 4 members (excludes halogenated alkanes) is 7. The molecule has 1 aromatic carbocycles. The summed E-state index contributed by atoms with van der Waals surface area (Å²) in [5.41, 5.74) is 9.48. The molecule has 0 bridgehead atoms. The molecule has 1 radical (unpaired) electrons. The molecular weight excluding hydrogens is 851 g/mol. The average molecular weight is 910 g/mol. The topological polar surface area (TPSA) is 249 Å². The molecular formula is C43H58N5O11Y-. The van der Waals surface area contributed by atoms with Gasteiger partial charge < -0.3 is 45.7 Å². The number of carbonyl (C=O) groups is 5. The van der Waals surface area contributed by atoms with Crippen LogP contribution >= 0.6 is 0 Å². The van der Waals surface area contributed by atoms with E-state index in [4.69, 9.17) is 15.5 Å². The molecule has 1 unspecified atom stereocenters. The molecule has 6 N–H and O–H groups in total. The molecule has 5 heterocycles. The number of phenolic OH excluding ortho intramolecular Hbond substituents is 1. The van der Waals surface area contributed by atoms with Crippen LogP contribution in [0.3, 0.4) is 0 Å². The Kier molecular flexibility index (Phi) is 19.8. The molecule has 2 aromatic heterocycles. The van der Waals surface area contributed by atoms with E-state index in [1.54, 1.807) is 33.7 Å². The van der Waals surface area contributed by atoms with Crippen LogP contribution in [-0.4, -0.2) is 90.8 Å². The number of carbonyl (C=O) groups excluding carboxylic acids is 3. The first-order valence-electron chi connectivity index (χ1n) is 20.7. The first kappa shape index (κ1) is 50.1. The largest absolute Gasteiger partial charge is 0.676 e. The number of pyridine rings is 2. The average Bonchev–Trinajstić information content (AvgIpc) is 3.60. The number of aromatic nitrogens is 2. The molecule has 6 rings (SSSR count). The molecule has 325 valence electrons. The maximum Gasteiger partial charge on any atom is 0.340 e. The number of hydrogen-bond acceptors (Lipinski definition) is 10. The van der Waals surface area contributed by atoms with Crippen LogP contribution in [0.1, 0.15) is 126 Å². The van der Waals surface area contributed by atoms with Gasteiger partial charge in [-0.05, 0) is 68.5 Å². The summed E-state index contributed by atoms with van der Waals surface area (Å²) in [6.45, 7) is 7.24. The maximum atomic E-state index is 13.0. The molecule has 1 atom stereocenters. The van der Waals surface area contributed by atoms with Crippen LogP contribution < -0.4 is 10.9 Å². The van der Waals surface area contributed by atoms with Crippen LogP contribution in [0.5, 0.6) is 5.75 Å². The van der Waals surface area contributed by atoms with Gasteiger partial charge in [0.05, 0.1) is 29.0 Å². The zero-order chi connectivity index (χ0) is 43.3. The number of carboxylic acids is 2. The molecule has 3 aromatic rings. The van der Waals surface area contributed by atoms with Crippen LogP contribution in [0.25, 0.3) is 28.0 Å². The minimum Gasteiger partial charge on any atom is -0.676 e. The SMILES string of the molecule is CC.CCc1c2c(nc3ccc(O)cc13)-c1cc3c(c(=O)n1C2)COC(=O)C3O.[NH-]CCNC(=O)CCCCCCCCCCC(=O)N1CCC(C(=O)O)(C(=O)O)CC1.[Y]. The number of carboxylic acid groups (broad SMARTS) is 2. The second-order valence-corrected chi connectivity index (χ2v) is 14.8. The summed E-state index contributed by atoms with van der Waals surface area (Å²) in [6, 6.07) is 6.69. The predicted molar refractivity (Wildman–Crippen MR) is 220 cm³/mol. The van der Waals surface area contributed by atoms with Crippen molar-refractivity contribution < 1.29 is 81.8 Å². The molecule has 3 aliphatic heterocycles. The second kappa shape index (κ2) is 23.7. The number of hydrogen-bond donors (Lipinski definition) is 5. The van der Waals surface area contributed by atoms with Gasteiger partial charge in [-0.15, -0.1) is 6.54 Å². The Balaban J connectivity index is 0.000000303. The molecule has 0 aliphatic carbocycles. The van der Waals surface area contributed by atoms with E-state index in [0.717, 1.165) is 79.8 Å². The number of ether oxygens (including phenoxy) is 1. The Labute approximate surface area is 375 Å². The van der Waals surface area contributed by atoms with Gasteiger partial charge >= 0.3 is 17.9 Å². The molecule has 0 spiro atoms. The van der Waals surface area contributed by atoms with Crippen LogP contribution in [0, 0.1) is 5.41 Å². The molecule has 3 aliphatic rings. The van der Waals surface area contributed by atoms with E-state index in [-0.39, 0.29) is 94.9 Å². The van der Waals surface area contributed by atoms with Crippen LogP contribution in [0.4, 0.5) is 0 Å². The summed E-state index contributed by atoms with van der Waals surface area (Å²) in [4.78, 5) is 77.2. The van der Waals surface area contributed by atoms with Crippen molar-refractivity contribution in [2.45, 2.75) is 123 Å². The van der Waals surface area contributed by atoms with Crippen molar-refractivity contribution in [2.24, 2.45) is 5.41 Å². The Morgan fingerprint density at radius 1 is 0.917 bits per heavy atom. The van der Waals surface area contributed by atoms with Crippen molar-refractivity contribution in [2.75, 3.05) is 26.2 Å². The number of aliphatic hydroxyl groups is 1. The fourth-order valence-corrected chi connectivity index (χ4v) is 7.83. The number of amides is 2. The Morgan fingerprint density at radius 2 is 1.52 bits per heavy atom. The number of aromatic hydroxyl groups is 1. The van der Waals surface area contributed by atoms with E-state index < -0.39 is 29.4 Å². The van der Waals surface area contributed by atoms with Gasteiger partial charge in [0.25, 0.3) is 5.56 Å². The van der Waals surface area contributed by atoms with Crippen LogP contribution in [0.15, 0.2) is 29.1 Å². The van der Waals surface area contributed by atoms with Crippen LogP contribution in [-0.2, 0) is 81.0 Å².